The first kappa shape index (κ1) is 14.7. The predicted octanol–water partition coefficient (Wildman–Crippen LogP) is 0.955. The van der Waals surface area contributed by atoms with Gasteiger partial charge in [0.2, 0.25) is 10.0 Å². The van der Waals surface area contributed by atoms with Crippen molar-refractivity contribution in [2.45, 2.75) is 41.9 Å². The number of nitrogens with one attached hydrogen (secondary N) is 1. The van der Waals surface area contributed by atoms with Crippen LogP contribution in [0.3, 0.4) is 0 Å². The molecule has 0 radical (unpaired) electrons. The number of aromatic nitrogens is 2. The van der Waals surface area contributed by atoms with Crippen LogP contribution >= 0.6 is 11.8 Å². The van der Waals surface area contributed by atoms with Gasteiger partial charge in [0, 0.05) is 24.5 Å². The number of nitrogens with zero attached hydrogens (tertiary/aromatic N) is 2. The molecule has 3 N–H and O–H groups in total. The Morgan fingerprint density at radius 1 is 1.42 bits per heavy atom. The van der Waals surface area contributed by atoms with Gasteiger partial charge in [-0.15, -0.1) is 0 Å². The molecule has 0 unspecified atom stereocenters. The highest BCUT2D eigenvalue weighted by Crippen LogP contribution is 2.28. The summed E-state index contributed by atoms with van der Waals surface area (Å²) in [6, 6.07) is 0.00741. The lowest BCUT2D eigenvalue weighted by Gasteiger charge is -2.27. The van der Waals surface area contributed by atoms with Gasteiger partial charge in [0.05, 0.1) is 0 Å². The third kappa shape index (κ3) is 3.43. The van der Waals surface area contributed by atoms with Crippen LogP contribution in [-0.2, 0) is 17.1 Å². The van der Waals surface area contributed by atoms with Crippen LogP contribution < -0.4 is 10.5 Å². The maximum atomic E-state index is 12.2. The van der Waals surface area contributed by atoms with E-state index in [9.17, 15) is 8.42 Å². The van der Waals surface area contributed by atoms with Gasteiger partial charge < -0.3 is 5.73 Å². The highest BCUT2D eigenvalue weighted by atomic mass is 32.2. The number of hydrogen-bond acceptors (Lipinski definition) is 5. The van der Waals surface area contributed by atoms with E-state index in [-0.39, 0.29) is 16.8 Å². The van der Waals surface area contributed by atoms with Crippen molar-refractivity contribution in [1.82, 2.24) is 14.5 Å². The van der Waals surface area contributed by atoms with Crippen LogP contribution in [0.5, 0.6) is 0 Å². The number of sulfonamides is 1. The van der Waals surface area contributed by atoms with Crippen molar-refractivity contribution < 1.29 is 8.42 Å². The molecule has 1 aliphatic rings. The molecule has 6 nitrogen and oxygen atoms in total. The van der Waals surface area contributed by atoms with E-state index < -0.39 is 10.0 Å². The van der Waals surface area contributed by atoms with Crippen LogP contribution in [0, 0.1) is 0 Å². The second kappa shape index (κ2) is 5.72. The summed E-state index contributed by atoms with van der Waals surface area (Å²) in [5.74, 6) is 0.0489. The molecule has 0 saturated heterocycles. The lowest BCUT2D eigenvalue weighted by molar-refractivity contribution is 0.420. The molecule has 0 spiro atoms. The number of anilines is 1. The topological polar surface area (TPSA) is 90.0 Å². The zero-order valence-electron chi connectivity index (χ0n) is 11.2. The molecule has 1 aromatic rings. The van der Waals surface area contributed by atoms with E-state index in [0.717, 1.165) is 25.7 Å². The van der Waals surface area contributed by atoms with Gasteiger partial charge in [0.1, 0.15) is 4.90 Å². The Morgan fingerprint density at radius 2 is 2.05 bits per heavy atom. The van der Waals surface area contributed by atoms with Crippen molar-refractivity contribution >= 4 is 27.6 Å². The van der Waals surface area contributed by atoms with Crippen LogP contribution in [0.1, 0.15) is 25.7 Å². The fourth-order valence-electron chi connectivity index (χ4n) is 2.39. The fraction of sp³-hybridized carbons (Fsp3) is 0.727. The van der Waals surface area contributed by atoms with Gasteiger partial charge in [0.25, 0.3) is 0 Å². The minimum Gasteiger partial charge on any atom is -0.381 e. The second-order valence-electron chi connectivity index (χ2n) is 4.88. The molecule has 1 saturated carbocycles. The summed E-state index contributed by atoms with van der Waals surface area (Å²) in [6.07, 6.45) is 7.40. The number of nitrogen functional groups attached to an aromatic ring is 1. The smallest absolute Gasteiger partial charge is 0.246 e. The first-order chi connectivity index (χ1) is 8.92. The Kier molecular flexibility index (Phi) is 4.42. The Bertz CT molecular complexity index is 533. The molecule has 8 heteroatoms. The maximum Gasteiger partial charge on any atom is 0.246 e. The summed E-state index contributed by atoms with van der Waals surface area (Å²) in [7, 11) is -1.91. The highest BCUT2D eigenvalue weighted by molar-refractivity contribution is 7.99. The molecular weight excluding hydrogens is 284 g/mol. The number of aryl methyl sites for hydroxylation is 1. The van der Waals surface area contributed by atoms with Gasteiger partial charge in [-0.3, -0.25) is 4.68 Å². The van der Waals surface area contributed by atoms with Crippen LogP contribution in [-0.4, -0.2) is 35.7 Å². The van der Waals surface area contributed by atoms with E-state index in [4.69, 9.17) is 5.73 Å². The number of nitrogens with two attached hydrogens (primary N) is 1. The number of rotatable bonds is 4. The number of thioether (sulfide) groups is 1. The van der Waals surface area contributed by atoms with Gasteiger partial charge >= 0.3 is 0 Å². The Labute approximate surface area is 118 Å². The Hall–Kier alpha value is -0.730. The molecule has 108 valence electrons. The van der Waals surface area contributed by atoms with Gasteiger partial charge in [-0.1, -0.05) is 0 Å². The summed E-state index contributed by atoms with van der Waals surface area (Å²) in [4.78, 5) is 0.0713. The molecule has 1 fully saturated rings. The van der Waals surface area contributed by atoms with Crippen molar-refractivity contribution in [1.29, 1.82) is 0 Å². The minimum atomic E-state index is -3.56. The van der Waals surface area contributed by atoms with Crippen molar-refractivity contribution in [3.63, 3.8) is 0 Å². The van der Waals surface area contributed by atoms with E-state index in [0.29, 0.717) is 5.25 Å². The lowest BCUT2D eigenvalue weighted by Crippen LogP contribution is -2.38. The average Bonchev–Trinajstić information content (AvgIpc) is 2.70. The summed E-state index contributed by atoms with van der Waals surface area (Å²) in [5.41, 5.74) is 5.62. The van der Waals surface area contributed by atoms with Gasteiger partial charge in [-0.05, 0) is 31.9 Å². The molecule has 2 rings (SSSR count). The van der Waals surface area contributed by atoms with Crippen LogP contribution in [0.4, 0.5) is 5.82 Å². The first-order valence-electron chi connectivity index (χ1n) is 6.26. The average molecular weight is 304 g/mol. The van der Waals surface area contributed by atoms with Gasteiger partial charge in [0.15, 0.2) is 5.82 Å². The molecule has 0 atom stereocenters. The van der Waals surface area contributed by atoms with E-state index in [1.807, 2.05) is 11.8 Å². The zero-order valence-corrected chi connectivity index (χ0v) is 12.8. The molecule has 1 heterocycles. The van der Waals surface area contributed by atoms with Crippen molar-refractivity contribution in [2.24, 2.45) is 7.05 Å². The molecule has 0 aliphatic heterocycles. The molecule has 0 aromatic carbocycles. The SMILES string of the molecule is CSC1CCC(NS(=O)(=O)c2cn(C)nc2N)CC1. The summed E-state index contributed by atoms with van der Waals surface area (Å²) in [6.45, 7) is 0. The third-order valence-corrected chi connectivity index (χ3v) is 6.12. The number of hydrogen-bond donors (Lipinski definition) is 2. The highest BCUT2D eigenvalue weighted by Gasteiger charge is 2.27. The molecule has 0 bridgehead atoms. The van der Waals surface area contributed by atoms with E-state index in [1.165, 1.54) is 10.9 Å². The van der Waals surface area contributed by atoms with Gasteiger partial charge in [-0.2, -0.15) is 16.9 Å². The second-order valence-corrected chi connectivity index (χ2v) is 7.70. The quantitative estimate of drug-likeness (QED) is 0.864. The summed E-state index contributed by atoms with van der Waals surface area (Å²) in [5, 5.41) is 4.52. The Morgan fingerprint density at radius 3 is 2.53 bits per heavy atom. The monoisotopic (exact) mass is 304 g/mol. The molecule has 1 aromatic heterocycles. The van der Waals surface area contributed by atoms with E-state index in [2.05, 4.69) is 16.1 Å². The van der Waals surface area contributed by atoms with Crippen LogP contribution in [0.25, 0.3) is 0 Å². The lowest BCUT2D eigenvalue weighted by atomic mass is 9.96. The standard InChI is InChI=1S/C11H20N4O2S2/c1-15-7-10(11(12)13-15)19(16,17)14-8-3-5-9(18-2)6-4-8/h7-9,14H,3-6H2,1-2H3,(H2,12,13). The molecule has 1 aliphatic carbocycles. The first-order valence-corrected chi connectivity index (χ1v) is 9.03. The summed E-state index contributed by atoms with van der Waals surface area (Å²) < 4.78 is 28.6. The Balaban J connectivity index is 2.04. The molecule has 0 amide bonds. The largest absolute Gasteiger partial charge is 0.381 e. The van der Waals surface area contributed by atoms with Crippen LogP contribution in [0.2, 0.25) is 0 Å². The van der Waals surface area contributed by atoms with E-state index >= 15 is 0 Å². The van der Waals surface area contributed by atoms with Crippen molar-refractivity contribution in [3.8, 4) is 0 Å². The van der Waals surface area contributed by atoms with Crippen molar-refractivity contribution in [2.75, 3.05) is 12.0 Å². The van der Waals surface area contributed by atoms with Crippen molar-refractivity contribution in [3.05, 3.63) is 6.20 Å². The predicted molar refractivity (Wildman–Crippen MR) is 77.5 cm³/mol. The van der Waals surface area contributed by atoms with Crippen LogP contribution in [0.15, 0.2) is 11.1 Å². The summed E-state index contributed by atoms with van der Waals surface area (Å²) >= 11 is 1.86. The zero-order chi connectivity index (χ0) is 14.0. The van der Waals surface area contributed by atoms with Gasteiger partial charge in [-0.25, -0.2) is 13.1 Å². The fourth-order valence-corrected chi connectivity index (χ4v) is 4.54. The third-order valence-electron chi connectivity index (χ3n) is 3.44. The van der Waals surface area contributed by atoms with E-state index in [1.54, 1.807) is 7.05 Å². The molecular formula is C11H20N4O2S2. The molecule has 19 heavy (non-hydrogen) atoms. The normalized spacial score (nSPS) is 24.5. The minimum absolute atomic E-state index is 0.00741. The maximum absolute atomic E-state index is 12.2.